The van der Waals surface area contributed by atoms with Crippen molar-refractivity contribution in [2.45, 2.75) is 31.2 Å². The number of benzene rings is 1. The summed E-state index contributed by atoms with van der Waals surface area (Å²) in [7, 11) is -3.92. The summed E-state index contributed by atoms with van der Waals surface area (Å²) in [6.07, 6.45) is 1.60. The molecule has 0 saturated heterocycles. The maximum Gasteiger partial charge on any atom is 0.241 e. The van der Waals surface area contributed by atoms with Gasteiger partial charge in [0.15, 0.2) is 0 Å². The van der Waals surface area contributed by atoms with E-state index >= 15 is 0 Å². The quantitative estimate of drug-likeness (QED) is 0.844. The molecule has 0 amide bonds. The molecule has 0 spiro atoms. The molecule has 0 radical (unpaired) electrons. The van der Waals surface area contributed by atoms with E-state index in [1.54, 1.807) is 25.4 Å². The second-order valence-corrected chi connectivity index (χ2v) is 7.74. The summed E-state index contributed by atoms with van der Waals surface area (Å²) in [4.78, 5) is 3.95. The third-order valence-electron chi connectivity index (χ3n) is 2.97. The SMILES string of the molecule is Cc1c(F)cc(N)cc1S(=O)(=O)NC(C)(C)c1nccs1. The van der Waals surface area contributed by atoms with Gasteiger partial charge in [-0.2, -0.15) is 4.72 Å². The van der Waals surface area contributed by atoms with Gasteiger partial charge in [-0.25, -0.2) is 17.8 Å². The zero-order chi connectivity index (χ0) is 15.8. The van der Waals surface area contributed by atoms with Crippen LogP contribution in [0.25, 0.3) is 0 Å². The maximum atomic E-state index is 13.7. The molecule has 0 aliphatic rings. The molecule has 0 saturated carbocycles. The van der Waals surface area contributed by atoms with Crippen LogP contribution < -0.4 is 10.5 Å². The highest BCUT2D eigenvalue weighted by Gasteiger charge is 2.31. The average molecular weight is 329 g/mol. The van der Waals surface area contributed by atoms with E-state index in [1.807, 2.05) is 0 Å². The highest BCUT2D eigenvalue weighted by atomic mass is 32.2. The van der Waals surface area contributed by atoms with E-state index in [2.05, 4.69) is 9.71 Å². The van der Waals surface area contributed by atoms with Crippen LogP contribution in [0.3, 0.4) is 0 Å². The summed E-state index contributed by atoms with van der Waals surface area (Å²) >= 11 is 1.34. The van der Waals surface area contributed by atoms with E-state index in [-0.39, 0.29) is 16.1 Å². The lowest BCUT2D eigenvalue weighted by Gasteiger charge is -2.24. The molecular weight excluding hydrogens is 313 g/mol. The summed E-state index contributed by atoms with van der Waals surface area (Å²) in [6, 6.07) is 2.35. The molecule has 0 fully saturated rings. The van der Waals surface area contributed by atoms with Crippen molar-refractivity contribution in [3.63, 3.8) is 0 Å². The van der Waals surface area contributed by atoms with Gasteiger partial charge in [0.2, 0.25) is 10.0 Å². The van der Waals surface area contributed by atoms with Crippen LogP contribution in [-0.4, -0.2) is 13.4 Å². The molecule has 1 heterocycles. The number of thiazole rings is 1. The zero-order valence-corrected chi connectivity index (χ0v) is 13.5. The minimum absolute atomic E-state index is 0.0339. The Bertz CT molecular complexity index is 756. The number of halogens is 1. The minimum Gasteiger partial charge on any atom is -0.399 e. The summed E-state index contributed by atoms with van der Waals surface area (Å²) in [5, 5.41) is 2.38. The van der Waals surface area contributed by atoms with Crippen molar-refractivity contribution < 1.29 is 12.8 Å². The predicted molar refractivity (Wildman–Crippen MR) is 81.0 cm³/mol. The first kappa shape index (κ1) is 15.9. The fourth-order valence-electron chi connectivity index (χ4n) is 1.92. The van der Waals surface area contributed by atoms with Gasteiger partial charge in [0.1, 0.15) is 10.8 Å². The van der Waals surface area contributed by atoms with Crippen LogP contribution in [-0.2, 0) is 15.6 Å². The predicted octanol–water partition coefficient (Wildman–Crippen LogP) is 2.39. The number of hydrogen-bond acceptors (Lipinski definition) is 5. The van der Waals surface area contributed by atoms with Crippen molar-refractivity contribution >= 4 is 27.0 Å². The van der Waals surface area contributed by atoms with Crippen LogP contribution >= 0.6 is 11.3 Å². The standard InChI is InChI=1S/C13H16FN3O2S2/c1-8-10(14)6-9(15)7-11(8)21(18,19)17-13(2,3)12-16-4-5-20-12/h4-7,17H,15H2,1-3H3. The largest absolute Gasteiger partial charge is 0.399 e. The van der Waals surface area contributed by atoms with Crippen molar-refractivity contribution in [1.29, 1.82) is 0 Å². The molecule has 1 aromatic heterocycles. The highest BCUT2D eigenvalue weighted by Crippen LogP contribution is 2.27. The van der Waals surface area contributed by atoms with Crippen LogP contribution in [0.2, 0.25) is 0 Å². The molecule has 21 heavy (non-hydrogen) atoms. The van der Waals surface area contributed by atoms with Gasteiger partial charge in [0, 0.05) is 22.8 Å². The molecule has 3 N–H and O–H groups in total. The third-order valence-corrected chi connectivity index (χ3v) is 5.84. The first-order chi connectivity index (χ1) is 9.63. The molecule has 0 aliphatic carbocycles. The average Bonchev–Trinajstić information content (AvgIpc) is 2.86. The van der Waals surface area contributed by atoms with Gasteiger partial charge >= 0.3 is 0 Å². The van der Waals surface area contributed by atoms with Crippen LogP contribution in [0, 0.1) is 12.7 Å². The molecule has 0 aliphatic heterocycles. The summed E-state index contributed by atoms with van der Waals surface area (Å²) in [6.45, 7) is 4.79. The first-order valence-corrected chi connectivity index (χ1v) is 8.49. The molecule has 1 aromatic carbocycles. The topological polar surface area (TPSA) is 85.1 Å². The number of sulfonamides is 1. The lowest BCUT2D eigenvalue weighted by molar-refractivity contribution is 0.469. The van der Waals surface area contributed by atoms with Crippen LogP contribution in [0.1, 0.15) is 24.4 Å². The Balaban J connectivity index is 2.44. The second kappa shape index (κ2) is 5.36. The Morgan fingerprint density at radius 3 is 2.62 bits per heavy atom. The Labute approximate surface area is 127 Å². The monoisotopic (exact) mass is 329 g/mol. The number of rotatable bonds is 4. The fraction of sp³-hybridized carbons (Fsp3) is 0.308. The Morgan fingerprint density at radius 1 is 1.38 bits per heavy atom. The molecular formula is C13H16FN3O2S2. The zero-order valence-electron chi connectivity index (χ0n) is 11.8. The summed E-state index contributed by atoms with van der Waals surface area (Å²) in [5.41, 5.74) is 4.73. The number of anilines is 1. The van der Waals surface area contributed by atoms with E-state index in [9.17, 15) is 12.8 Å². The van der Waals surface area contributed by atoms with E-state index in [4.69, 9.17) is 5.73 Å². The maximum absolute atomic E-state index is 13.7. The van der Waals surface area contributed by atoms with Gasteiger partial charge in [-0.05, 0) is 32.9 Å². The summed E-state index contributed by atoms with van der Waals surface area (Å²) in [5.74, 6) is -0.651. The lowest BCUT2D eigenvalue weighted by Crippen LogP contribution is -2.41. The molecule has 0 bridgehead atoms. The van der Waals surface area contributed by atoms with Gasteiger partial charge in [-0.15, -0.1) is 11.3 Å². The van der Waals surface area contributed by atoms with Crippen LogP contribution in [0.5, 0.6) is 0 Å². The number of nitrogen functional groups attached to an aromatic ring is 1. The second-order valence-electron chi connectivity index (χ2n) is 5.19. The Hall–Kier alpha value is -1.51. The molecule has 0 unspecified atom stereocenters. The molecule has 8 heteroatoms. The van der Waals surface area contributed by atoms with Crippen molar-refractivity contribution in [3.05, 3.63) is 40.1 Å². The van der Waals surface area contributed by atoms with Gasteiger partial charge < -0.3 is 5.73 Å². The number of nitrogens with zero attached hydrogens (tertiary/aromatic N) is 1. The third kappa shape index (κ3) is 3.22. The van der Waals surface area contributed by atoms with Crippen LogP contribution in [0.4, 0.5) is 10.1 Å². The van der Waals surface area contributed by atoms with Gasteiger partial charge in [-0.3, -0.25) is 0 Å². The number of nitrogens with two attached hydrogens (primary N) is 1. The van der Waals surface area contributed by atoms with Crippen LogP contribution in [0.15, 0.2) is 28.6 Å². The molecule has 2 rings (SSSR count). The fourth-order valence-corrected chi connectivity index (χ4v) is 4.37. The molecule has 2 aromatic rings. The van der Waals surface area contributed by atoms with Crippen molar-refractivity contribution in [2.24, 2.45) is 0 Å². The van der Waals surface area contributed by atoms with Gasteiger partial charge in [-0.1, -0.05) is 0 Å². The number of aromatic nitrogens is 1. The van der Waals surface area contributed by atoms with Crippen molar-refractivity contribution in [2.75, 3.05) is 5.73 Å². The van der Waals surface area contributed by atoms with Crippen molar-refractivity contribution in [1.82, 2.24) is 9.71 Å². The smallest absolute Gasteiger partial charge is 0.241 e. The molecule has 5 nitrogen and oxygen atoms in total. The van der Waals surface area contributed by atoms with Gasteiger partial charge in [0.25, 0.3) is 0 Å². The molecule has 0 atom stereocenters. The van der Waals surface area contributed by atoms with E-state index in [0.717, 1.165) is 6.07 Å². The summed E-state index contributed by atoms with van der Waals surface area (Å²) < 4.78 is 41.3. The molecule has 114 valence electrons. The minimum atomic E-state index is -3.92. The van der Waals surface area contributed by atoms with E-state index in [0.29, 0.717) is 5.01 Å². The number of hydrogen-bond donors (Lipinski definition) is 2. The van der Waals surface area contributed by atoms with E-state index < -0.39 is 21.4 Å². The Kier molecular flexibility index (Phi) is 4.05. The van der Waals surface area contributed by atoms with E-state index in [1.165, 1.54) is 24.3 Å². The first-order valence-electron chi connectivity index (χ1n) is 6.13. The number of nitrogens with one attached hydrogen (secondary N) is 1. The highest BCUT2D eigenvalue weighted by molar-refractivity contribution is 7.89. The van der Waals surface area contributed by atoms with Gasteiger partial charge in [0.05, 0.1) is 10.4 Å². The normalized spacial score (nSPS) is 12.6. The lowest BCUT2D eigenvalue weighted by atomic mass is 10.1. The Morgan fingerprint density at radius 2 is 2.05 bits per heavy atom. The van der Waals surface area contributed by atoms with Crippen molar-refractivity contribution in [3.8, 4) is 0 Å².